The Morgan fingerprint density at radius 3 is 2.37 bits per heavy atom. The lowest BCUT2D eigenvalue weighted by Gasteiger charge is -2.14. The lowest BCUT2D eigenvalue weighted by Crippen LogP contribution is -2.38. The maximum Gasteiger partial charge on any atom is 0.258 e. The summed E-state index contributed by atoms with van der Waals surface area (Å²) in [6.45, 7) is 1.16. The molecule has 2 aromatic carbocycles. The second-order valence-electron chi connectivity index (χ2n) is 6.19. The molecular formula is C20H17Cl2N5O3. The quantitative estimate of drug-likeness (QED) is 0.434. The first-order valence-corrected chi connectivity index (χ1v) is 9.55. The maximum atomic E-state index is 12.7. The van der Waals surface area contributed by atoms with Crippen LogP contribution in [0.1, 0.15) is 17.3 Å². The molecule has 0 radical (unpaired) electrons. The van der Waals surface area contributed by atoms with Gasteiger partial charge in [0, 0.05) is 18.5 Å². The minimum absolute atomic E-state index is 0.161. The number of para-hydroxylation sites is 1. The number of nitrogens with zero attached hydrogens (tertiary/aromatic N) is 1. The second-order valence-corrected chi connectivity index (χ2v) is 7.01. The van der Waals surface area contributed by atoms with E-state index in [9.17, 15) is 14.4 Å². The zero-order valence-electron chi connectivity index (χ0n) is 15.8. The number of carbonyl (C=O) groups excluding carboxylic acids is 3. The number of nitrogens with one attached hydrogen (secondary N) is 4. The van der Waals surface area contributed by atoms with Crippen molar-refractivity contribution in [1.82, 2.24) is 15.7 Å². The van der Waals surface area contributed by atoms with E-state index in [0.29, 0.717) is 22.3 Å². The van der Waals surface area contributed by atoms with Crippen LogP contribution in [0.5, 0.6) is 0 Å². The highest BCUT2D eigenvalue weighted by molar-refractivity contribution is 6.40. The number of amides is 3. The summed E-state index contributed by atoms with van der Waals surface area (Å²) in [5.41, 5.74) is 6.95. The lowest BCUT2D eigenvalue weighted by molar-refractivity contribution is -0.124. The van der Waals surface area contributed by atoms with Gasteiger partial charge >= 0.3 is 0 Å². The lowest BCUT2D eigenvalue weighted by atomic mass is 10.1. The van der Waals surface area contributed by atoms with Crippen molar-refractivity contribution in [2.24, 2.45) is 0 Å². The molecule has 0 saturated carbocycles. The smallest absolute Gasteiger partial charge is 0.258 e. The van der Waals surface area contributed by atoms with Crippen molar-refractivity contribution in [3.8, 4) is 0 Å². The van der Waals surface area contributed by atoms with Crippen molar-refractivity contribution >= 4 is 63.2 Å². The molecule has 0 aliphatic carbocycles. The Bertz CT molecular complexity index is 1120. The van der Waals surface area contributed by atoms with Crippen LogP contribution in [-0.4, -0.2) is 29.3 Å². The van der Waals surface area contributed by atoms with Crippen LogP contribution in [0, 0.1) is 0 Å². The summed E-state index contributed by atoms with van der Waals surface area (Å²) >= 11 is 12.2. The third-order valence-electron chi connectivity index (χ3n) is 4.04. The molecule has 0 spiro atoms. The van der Waals surface area contributed by atoms with Gasteiger partial charge in [0.15, 0.2) is 0 Å². The van der Waals surface area contributed by atoms with Crippen molar-refractivity contribution in [2.75, 3.05) is 17.3 Å². The summed E-state index contributed by atoms with van der Waals surface area (Å²) in [5.74, 6) is -1.20. The molecule has 1 heterocycles. The fourth-order valence-electron chi connectivity index (χ4n) is 2.67. The number of anilines is 2. The van der Waals surface area contributed by atoms with Gasteiger partial charge in [0.25, 0.3) is 11.8 Å². The molecule has 154 valence electrons. The number of carbonyl (C=O) groups is 3. The van der Waals surface area contributed by atoms with Gasteiger partial charge in [-0.25, -0.2) is 0 Å². The monoisotopic (exact) mass is 445 g/mol. The summed E-state index contributed by atoms with van der Waals surface area (Å²) in [6, 6.07) is 11.7. The number of fused-ring (bicyclic) bond motifs is 1. The van der Waals surface area contributed by atoms with Crippen LogP contribution in [-0.2, 0) is 9.59 Å². The number of hydrazine groups is 1. The van der Waals surface area contributed by atoms with Gasteiger partial charge in [-0.3, -0.25) is 30.2 Å². The predicted molar refractivity (Wildman–Crippen MR) is 117 cm³/mol. The Hall–Kier alpha value is -3.36. The van der Waals surface area contributed by atoms with Crippen molar-refractivity contribution < 1.29 is 14.4 Å². The average Bonchev–Trinajstić information content (AvgIpc) is 2.71. The van der Waals surface area contributed by atoms with Crippen LogP contribution in [0.4, 0.5) is 11.4 Å². The molecule has 0 aliphatic heterocycles. The number of hydrogen-bond acceptors (Lipinski definition) is 5. The minimum atomic E-state index is -0.470. The molecule has 0 aliphatic rings. The molecule has 0 atom stereocenters. The number of benzene rings is 2. The average molecular weight is 446 g/mol. The third kappa shape index (κ3) is 4.97. The van der Waals surface area contributed by atoms with E-state index in [0.717, 1.165) is 0 Å². The molecule has 3 rings (SSSR count). The van der Waals surface area contributed by atoms with Crippen molar-refractivity contribution in [3.63, 3.8) is 0 Å². The van der Waals surface area contributed by atoms with Crippen LogP contribution >= 0.6 is 23.2 Å². The highest BCUT2D eigenvalue weighted by atomic mass is 35.5. The number of halogens is 2. The largest absolute Gasteiger partial charge is 0.347 e. The molecule has 1 aromatic heterocycles. The summed E-state index contributed by atoms with van der Waals surface area (Å²) in [5, 5.41) is 6.30. The summed E-state index contributed by atoms with van der Waals surface area (Å²) in [7, 11) is 0. The maximum absolute atomic E-state index is 12.7. The standard InChI is InChI=1S/C20H17Cl2N5O3/c1-11(28)24-10-17(29)27-26-15-8-9-23-19-12(15)4-2-7-16(19)25-20(30)18-13(21)5-3-6-14(18)22/h2-9H,10H2,1H3,(H,23,26)(H,24,28)(H,25,30)(H,27,29). The van der Waals surface area contributed by atoms with Gasteiger partial charge in [0.05, 0.1) is 39.0 Å². The van der Waals surface area contributed by atoms with Gasteiger partial charge in [0.2, 0.25) is 5.91 Å². The highest BCUT2D eigenvalue weighted by Crippen LogP contribution is 2.29. The molecule has 3 amide bonds. The number of pyridine rings is 1. The minimum Gasteiger partial charge on any atom is -0.347 e. The van der Waals surface area contributed by atoms with E-state index in [4.69, 9.17) is 23.2 Å². The van der Waals surface area contributed by atoms with Crippen LogP contribution in [0.25, 0.3) is 10.9 Å². The normalized spacial score (nSPS) is 10.4. The zero-order valence-corrected chi connectivity index (χ0v) is 17.3. The van der Waals surface area contributed by atoms with Crippen LogP contribution in [0.15, 0.2) is 48.7 Å². The Morgan fingerprint density at radius 1 is 0.967 bits per heavy atom. The molecule has 0 saturated heterocycles. The first-order chi connectivity index (χ1) is 14.4. The molecular weight excluding hydrogens is 429 g/mol. The fraction of sp³-hybridized carbons (Fsp3) is 0.100. The second kappa shape index (κ2) is 9.43. The SMILES string of the molecule is CC(=O)NCC(=O)NNc1ccnc2c(NC(=O)c3c(Cl)cccc3Cl)cccc12. The predicted octanol–water partition coefficient (Wildman–Crippen LogP) is 3.37. The molecule has 0 fully saturated rings. The van der Waals surface area contributed by atoms with E-state index in [1.54, 1.807) is 42.5 Å². The van der Waals surface area contributed by atoms with Gasteiger partial charge in [-0.05, 0) is 24.3 Å². The molecule has 10 heteroatoms. The molecule has 8 nitrogen and oxygen atoms in total. The Balaban J connectivity index is 1.83. The Kier molecular flexibility index (Phi) is 6.71. The first-order valence-electron chi connectivity index (χ1n) is 8.79. The number of hydrogen-bond donors (Lipinski definition) is 4. The van der Waals surface area contributed by atoms with Gasteiger partial charge < -0.3 is 10.6 Å². The summed E-state index contributed by atoms with van der Waals surface area (Å²) in [4.78, 5) is 39.7. The van der Waals surface area contributed by atoms with E-state index >= 15 is 0 Å². The van der Waals surface area contributed by atoms with Crippen LogP contribution in [0.3, 0.4) is 0 Å². The van der Waals surface area contributed by atoms with Crippen LogP contribution < -0.4 is 21.5 Å². The molecule has 3 aromatic rings. The van der Waals surface area contributed by atoms with Gasteiger partial charge in [-0.1, -0.05) is 41.4 Å². The van der Waals surface area contributed by atoms with E-state index in [1.165, 1.54) is 13.1 Å². The fourth-order valence-corrected chi connectivity index (χ4v) is 3.24. The highest BCUT2D eigenvalue weighted by Gasteiger charge is 2.16. The van der Waals surface area contributed by atoms with E-state index < -0.39 is 11.8 Å². The van der Waals surface area contributed by atoms with Gasteiger partial charge in [0.1, 0.15) is 0 Å². The number of rotatable bonds is 6. The molecule has 30 heavy (non-hydrogen) atoms. The van der Waals surface area contributed by atoms with Gasteiger partial charge in [-0.2, -0.15) is 0 Å². The van der Waals surface area contributed by atoms with E-state index in [1.807, 2.05) is 0 Å². The van der Waals surface area contributed by atoms with E-state index in [-0.39, 0.29) is 28.1 Å². The Morgan fingerprint density at radius 2 is 1.67 bits per heavy atom. The number of aromatic nitrogens is 1. The zero-order chi connectivity index (χ0) is 21.7. The topological polar surface area (TPSA) is 112 Å². The summed E-state index contributed by atoms with van der Waals surface area (Å²) in [6.07, 6.45) is 1.53. The molecule has 0 unspecified atom stereocenters. The van der Waals surface area contributed by atoms with Crippen molar-refractivity contribution in [2.45, 2.75) is 6.92 Å². The van der Waals surface area contributed by atoms with Crippen LogP contribution in [0.2, 0.25) is 10.0 Å². The Labute approximate surface area is 181 Å². The third-order valence-corrected chi connectivity index (χ3v) is 4.67. The van der Waals surface area contributed by atoms with E-state index in [2.05, 4.69) is 26.5 Å². The summed E-state index contributed by atoms with van der Waals surface area (Å²) < 4.78 is 0. The van der Waals surface area contributed by atoms with Crippen molar-refractivity contribution in [3.05, 3.63) is 64.3 Å². The molecule has 4 N–H and O–H groups in total. The van der Waals surface area contributed by atoms with Gasteiger partial charge in [-0.15, -0.1) is 0 Å². The van der Waals surface area contributed by atoms with Crippen molar-refractivity contribution in [1.29, 1.82) is 0 Å². The first kappa shape index (κ1) is 21.4. The molecule has 0 bridgehead atoms.